The van der Waals surface area contributed by atoms with E-state index < -0.39 is 0 Å². The molecular weight excluding hydrogens is 273 g/mol. The van der Waals surface area contributed by atoms with E-state index >= 15 is 0 Å². The quantitative estimate of drug-likeness (QED) is 0.897. The van der Waals surface area contributed by atoms with Crippen molar-refractivity contribution in [3.8, 4) is 0 Å². The smallest absolute Gasteiger partial charge is 0.322 e. The Balaban J connectivity index is 2.01. The molecule has 0 saturated carbocycles. The van der Waals surface area contributed by atoms with Gasteiger partial charge in [-0.05, 0) is 43.5 Å². The number of nitrogens with two attached hydrogens (primary N) is 1. The van der Waals surface area contributed by atoms with Crippen LogP contribution in [0.5, 0.6) is 0 Å². The summed E-state index contributed by atoms with van der Waals surface area (Å²) in [4.78, 5) is 25.3. The number of benzene rings is 1. The third kappa shape index (κ3) is 3.71. The molecule has 1 aliphatic heterocycles. The number of likely N-dealkylation sites (tertiary alicyclic amines) is 1. The summed E-state index contributed by atoms with van der Waals surface area (Å²) in [5, 5.41) is 2.75. The van der Waals surface area contributed by atoms with Crippen LogP contribution in [0.1, 0.15) is 26.2 Å². The van der Waals surface area contributed by atoms with E-state index in [9.17, 15) is 14.0 Å². The molecular formula is C15H20FN3O2. The van der Waals surface area contributed by atoms with Gasteiger partial charge in [-0.2, -0.15) is 0 Å². The van der Waals surface area contributed by atoms with Crippen molar-refractivity contribution in [3.05, 3.63) is 30.1 Å². The van der Waals surface area contributed by atoms with Crippen LogP contribution in [-0.2, 0) is 4.79 Å². The lowest BCUT2D eigenvalue weighted by atomic mass is 9.89. The highest BCUT2D eigenvalue weighted by molar-refractivity contribution is 5.89. The van der Waals surface area contributed by atoms with Crippen LogP contribution in [-0.4, -0.2) is 29.4 Å². The summed E-state index contributed by atoms with van der Waals surface area (Å²) in [6, 6.07) is 5.40. The molecule has 21 heavy (non-hydrogen) atoms. The summed E-state index contributed by atoms with van der Waals surface area (Å²) < 4.78 is 12.8. The van der Waals surface area contributed by atoms with Crippen molar-refractivity contribution in [2.45, 2.75) is 32.2 Å². The van der Waals surface area contributed by atoms with Crippen molar-refractivity contribution in [1.29, 1.82) is 0 Å². The van der Waals surface area contributed by atoms with Crippen LogP contribution in [0.2, 0.25) is 0 Å². The Morgan fingerprint density at radius 1 is 1.38 bits per heavy atom. The second-order valence-corrected chi connectivity index (χ2v) is 5.32. The second-order valence-electron chi connectivity index (χ2n) is 5.32. The van der Waals surface area contributed by atoms with Crippen LogP contribution < -0.4 is 11.1 Å². The van der Waals surface area contributed by atoms with Crippen molar-refractivity contribution in [2.75, 3.05) is 11.9 Å². The first-order valence-electron chi connectivity index (χ1n) is 7.13. The molecule has 1 fully saturated rings. The molecule has 0 aromatic heterocycles. The third-order valence-corrected chi connectivity index (χ3v) is 3.95. The van der Waals surface area contributed by atoms with Gasteiger partial charge in [0.2, 0.25) is 5.91 Å². The van der Waals surface area contributed by atoms with Gasteiger partial charge in [0, 0.05) is 24.2 Å². The van der Waals surface area contributed by atoms with E-state index in [4.69, 9.17) is 5.73 Å². The fraction of sp³-hybridized carbons (Fsp3) is 0.467. The molecule has 0 bridgehead atoms. The lowest BCUT2D eigenvalue weighted by Crippen LogP contribution is -2.49. The normalized spacial score (nSPS) is 21.9. The molecule has 1 saturated heterocycles. The van der Waals surface area contributed by atoms with E-state index in [-0.39, 0.29) is 29.7 Å². The summed E-state index contributed by atoms with van der Waals surface area (Å²) in [7, 11) is 0. The Bertz CT molecular complexity index is 518. The highest BCUT2D eigenvalue weighted by Gasteiger charge is 2.32. The lowest BCUT2D eigenvalue weighted by Gasteiger charge is -2.38. The number of nitrogens with one attached hydrogen (secondary N) is 1. The zero-order valence-electron chi connectivity index (χ0n) is 12.0. The average Bonchev–Trinajstić information content (AvgIpc) is 2.48. The van der Waals surface area contributed by atoms with Crippen LogP contribution in [0.25, 0.3) is 0 Å². The van der Waals surface area contributed by atoms with Crippen molar-refractivity contribution in [1.82, 2.24) is 4.90 Å². The minimum atomic E-state index is -0.346. The zero-order valence-corrected chi connectivity index (χ0v) is 12.0. The van der Waals surface area contributed by atoms with Crippen LogP contribution >= 0.6 is 0 Å². The minimum Gasteiger partial charge on any atom is -0.369 e. The van der Waals surface area contributed by atoms with Gasteiger partial charge in [-0.15, -0.1) is 0 Å². The van der Waals surface area contributed by atoms with Gasteiger partial charge in [-0.1, -0.05) is 6.92 Å². The molecule has 5 nitrogen and oxygen atoms in total. The topological polar surface area (TPSA) is 75.4 Å². The van der Waals surface area contributed by atoms with Crippen LogP contribution in [0.15, 0.2) is 24.3 Å². The monoisotopic (exact) mass is 293 g/mol. The standard InChI is InChI=1S/C15H20FN3O2/c1-2-13-9-10(14(17)20)7-8-19(13)15(21)18-12-5-3-11(16)4-6-12/h3-6,10,13H,2,7-9H2,1H3,(H2,17,20)(H,18,21). The molecule has 1 heterocycles. The van der Waals surface area contributed by atoms with Crippen LogP contribution in [0, 0.1) is 11.7 Å². The fourth-order valence-corrected chi connectivity index (χ4v) is 2.69. The maximum atomic E-state index is 12.8. The molecule has 6 heteroatoms. The Labute approximate surface area is 123 Å². The maximum Gasteiger partial charge on any atom is 0.322 e. The summed E-state index contributed by atoms with van der Waals surface area (Å²) in [6.45, 7) is 2.48. The zero-order chi connectivity index (χ0) is 15.4. The minimum absolute atomic E-state index is 0.00306. The van der Waals surface area contributed by atoms with E-state index in [1.54, 1.807) is 4.90 Å². The maximum absolute atomic E-state index is 12.8. The first-order chi connectivity index (χ1) is 10.0. The number of primary amides is 1. The number of carbonyl (C=O) groups excluding carboxylic acids is 2. The molecule has 3 N–H and O–H groups in total. The van der Waals surface area contributed by atoms with Crippen molar-refractivity contribution in [2.24, 2.45) is 11.7 Å². The predicted octanol–water partition coefficient (Wildman–Crippen LogP) is 2.33. The molecule has 2 unspecified atom stereocenters. The molecule has 2 atom stereocenters. The summed E-state index contributed by atoms with van der Waals surface area (Å²) in [6.07, 6.45) is 1.95. The van der Waals surface area contributed by atoms with Gasteiger partial charge in [0.25, 0.3) is 0 Å². The number of carbonyl (C=O) groups is 2. The largest absolute Gasteiger partial charge is 0.369 e. The molecule has 2 rings (SSSR count). The lowest BCUT2D eigenvalue weighted by molar-refractivity contribution is -0.123. The molecule has 0 aliphatic carbocycles. The highest BCUT2D eigenvalue weighted by atomic mass is 19.1. The summed E-state index contributed by atoms with van der Waals surface area (Å²) in [5.74, 6) is -0.807. The summed E-state index contributed by atoms with van der Waals surface area (Å²) >= 11 is 0. The van der Waals surface area contributed by atoms with Crippen molar-refractivity contribution >= 4 is 17.6 Å². The Hall–Kier alpha value is -2.11. The first kappa shape index (κ1) is 15.3. The molecule has 3 amide bonds. The predicted molar refractivity (Wildman–Crippen MR) is 78.1 cm³/mol. The molecule has 1 aromatic carbocycles. The van der Waals surface area contributed by atoms with Crippen molar-refractivity contribution in [3.63, 3.8) is 0 Å². The molecule has 0 spiro atoms. The molecule has 0 radical (unpaired) electrons. The van der Waals surface area contributed by atoms with Gasteiger partial charge in [0.15, 0.2) is 0 Å². The van der Waals surface area contributed by atoms with E-state index in [2.05, 4.69) is 5.32 Å². The Morgan fingerprint density at radius 3 is 2.62 bits per heavy atom. The van der Waals surface area contributed by atoms with Gasteiger partial charge >= 0.3 is 6.03 Å². The van der Waals surface area contributed by atoms with Gasteiger partial charge in [-0.3, -0.25) is 4.79 Å². The number of amides is 3. The van der Waals surface area contributed by atoms with Gasteiger partial charge in [0.05, 0.1) is 0 Å². The number of urea groups is 1. The van der Waals surface area contributed by atoms with Crippen LogP contribution in [0.4, 0.5) is 14.9 Å². The number of halogens is 1. The Morgan fingerprint density at radius 2 is 2.05 bits per heavy atom. The average molecular weight is 293 g/mol. The van der Waals surface area contributed by atoms with Crippen molar-refractivity contribution < 1.29 is 14.0 Å². The number of anilines is 1. The third-order valence-electron chi connectivity index (χ3n) is 3.95. The molecule has 1 aromatic rings. The van der Waals surface area contributed by atoms with E-state index in [1.807, 2.05) is 6.92 Å². The Kier molecular flexibility index (Phi) is 4.77. The molecule has 114 valence electrons. The number of piperidine rings is 1. The number of hydrogen-bond acceptors (Lipinski definition) is 2. The summed E-state index contributed by atoms with van der Waals surface area (Å²) in [5.41, 5.74) is 5.90. The van der Waals surface area contributed by atoms with E-state index in [0.717, 1.165) is 6.42 Å². The number of hydrogen-bond donors (Lipinski definition) is 2. The van der Waals surface area contributed by atoms with Crippen LogP contribution in [0.3, 0.4) is 0 Å². The van der Waals surface area contributed by atoms with E-state index in [0.29, 0.717) is 25.1 Å². The highest BCUT2D eigenvalue weighted by Crippen LogP contribution is 2.25. The first-order valence-corrected chi connectivity index (χ1v) is 7.13. The van der Waals surface area contributed by atoms with E-state index in [1.165, 1.54) is 24.3 Å². The van der Waals surface area contributed by atoms with Gasteiger partial charge in [-0.25, -0.2) is 9.18 Å². The fourth-order valence-electron chi connectivity index (χ4n) is 2.69. The molecule has 1 aliphatic rings. The van der Waals surface area contributed by atoms with Gasteiger partial charge in [0.1, 0.15) is 5.82 Å². The SMILES string of the molecule is CCC1CC(C(N)=O)CCN1C(=O)Nc1ccc(F)cc1. The second kappa shape index (κ2) is 6.56. The number of nitrogens with zero attached hydrogens (tertiary/aromatic N) is 1. The van der Waals surface area contributed by atoms with Gasteiger partial charge < -0.3 is 16.0 Å². The number of rotatable bonds is 3.